The van der Waals surface area contributed by atoms with Crippen molar-refractivity contribution in [3.8, 4) is 0 Å². The molecule has 3 aromatic rings. The van der Waals surface area contributed by atoms with Gasteiger partial charge < -0.3 is 10.0 Å². The number of aromatic carboxylic acids is 1. The Balaban J connectivity index is 1.46. The molecule has 1 aliphatic rings. The molecule has 1 atom stereocenters. The second-order valence-corrected chi connectivity index (χ2v) is 9.02. The molecule has 1 amide bonds. The lowest BCUT2D eigenvalue weighted by molar-refractivity contribution is -0.132. The molecular weight excluding hydrogens is 427 g/mol. The number of rotatable bonds is 8. The molecule has 0 aliphatic carbocycles. The lowest BCUT2D eigenvalue weighted by Gasteiger charge is -2.23. The van der Waals surface area contributed by atoms with E-state index in [-0.39, 0.29) is 22.6 Å². The lowest BCUT2D eigenvalue weighted by Crippen LogP contribution is -2.30. The number of carbonyl (C=O) groups is 2. The third-order valence-corrected chi connectivity index (χ3v) is 6.99. The zero-order valence-electron chi connectivity index (χ0n) is 17.7. The van der Waals surface area contributed by atoms with Crippen LogP contribution in [0.1, 0.15) is 56.8 Å². The number of thiazole rings is 1. The van der Waals surface area contributed by atoms with Crippen molar-refractivity contribution in [2.24, 2.45) is 0 Å². The summed E-state index contributed by atoms with van der Waals surface area (Å²) in [6.45, 7) is 0.672. The first kappa shape index (κ1) is 22.1. The van der Waals surface area contributed by atoms with Crippen LogP contribution in [0, 0.1) is 5.82 Å². The Labute approximate surface area is 190 Å². The Morgan fingerprint density at radius 1 is 1.03 bits per heavy atom. The maximum absolute atomic E-state index is 13.1. The molecule has 0 spiro atoms. The van der Waals surface area contributed by atoms with Crippen LogP contribution in [0.2, 0.25) is 0 Å². The van der Waals surface area contributed by atoms with Crippen LogP contribution in [0.25, 0.3) is 0 Å². The van der Waals surface area contributed by atoms with E-state index in [2.05, 4.69) is 4.98 Å². The number of carboxylic acid groups (broad SMARTS) is 1. The van der Waals surface area contributed by atoms with Crippen molar-refractivity contribution in [2.45, 2.75) is 44.6 Å². The molecule has 0 saturated carbocycles. The number of aryl methyl sites for hydroxylation is 3. The molecule has 4 rings (SSSR count). The summed E-state index contributed by atoms with van der Waals surface area (Å²) in [4.78, 5) is 31.5. The Morgan fingerprint density at radius 3 is 2.47 bits per heavy atom. The molecule has 1 N–H and O–H groups in total. The first-order valence-electron chi connectivity index (χ1n) is 10.8. The molecule has 7 heteroatoms. The third kappa shape index (κ3) is 5.22. The van der Waals surface area contributed by atoms with Crippen molar-refractivity contribution in [2.75, 3.05) is 6.54 Å². The Kier molecular flexibility index (Phi) is 6.95. The molecule has 1 fully saturated rings. The number of amides is 1. The number of likely N-dealkylation sites (tertiary alicyclic amines) is 1. The fourth-order valence-corrected chi connectivity index (χ4v) is 5.22. The molecule has 32 heavy (non-hydrogen) atoms. The maximum atomic E-state index is 13.1. The molecule has 0 radical (unpaired) electrons. The van der Waals surface area contributed by atoms with Crippen LogP contribution in [0.4, 0.5) is 4.39 Å². The first-order chi connectivity index (χ1) is 15.5. The van der Waals surface area contributed by atoms with Crippen molar-refractivity contribution in [1.29, 1.82) is 0 Å². The van der Waals surface area contributed by atoms with Gasteiger partial charge in [-0.3, -0.25) is 4.79 Å². The summed E-state index contributed by atoms with van der Waals surface area (Å²) in [6, 6.07) is 16.0. The van der Waals surface area contributed by atoms with E-state index < -0.39 is 5.97 Å². The van der Waals surface area contributed by atoms with Crippen LogP contribution in [-0.4, -0.2) is 33.4 Å². The third-order valence-electron chi connectivity index (χ3n) is 5.80. The van der Waals surface area contributed by atoms with E-state index in [9.17, 15) is 19.1 Å². The number of hydrogen-bond donors (Lipinski definition) is 1. The average Bonchev–Trinajstić information content (AvgIpc) is 3.45. The van der Waals surface area contributed by atoms with Gasteiger partial charge in [-0.15, -0.1) is 11.3 Å². The molecule has 1 saturated heterocycles. The van der Waals surface area contributed by atoms with Gasteiger partial charge in [0.15, 0.2) is 0 Å². The zero-order chi connectivity index (χ0) is 22.5. The second-order valence-electron chi connectivity index (χ2n) is 7.99. The molecule has 1 aliphatic heterocycles. The van der Waals surface area contributed by atoms with E-state index in [0.29, 0.717) is 42.9 Å². The van der Waals surface area contributed by atoms with Gasteiger partial charge in [0.25, 0.3) is 0 Å². The van der Waals surface area contributed by atoms with E-state index in [1.807, 2.05) is 35.2 Å². The number of benzene rings is 2. The van der Waals surface area contributed by atoms with Crippen LogP contribution >= 0.6 is 11.3 Å². The topological polar surface area (TPSA) is 70.5 Å². The highest BCUT2D eigenvalue weighted by atomic mass is 32.1. The maximum Gasteiger partial charge on any atom is 0.347 e. The predicted octanol–water partition coefficient (Wildman–Crippen LogP) is 5.06. The summed E-state index contributed by atoms with van der Waals surface area (Å²) >= 11 is 1.17. The van der Waals surface area contributed by atoms with Gasteiger partial charge in [-0.05, 0) is 55.4 Å². The molecule has 0 unspecified atom stereocenters. The van der Waals surface area contributed by atoms with Gasteiger partial charge in [0.05, 0.1) is 11.7 Å². The van der Waals surface area contributed by atoms with Gasteiger partial charge in [-0.2, -0.15) is 0 Å². The number of carbonyl (C=O) groups excluding carboxylic acids is 1. The largest absolute Gasteiger partial charge is 0.477 e. The van der Waals surface area contributed by atoms with Crippen molar-refractivity contribution < 1.29 is 19.1 Å². The number of nitrogens with zero attached hydrogens (tertiary/aromatic N) is 2. The second kappa shape index (κ2) is 10.0. The first-order valence-corrected chi connectivity index (χ1v) is 11.6. The molecule has 2 aromatic carbocycles. The van der Waals surface area contributed by atoms with Gasteiger partial charge in [0.1, 0.15) is 15.7 Å². The van der Waals surface area contributed by atoms with E-state index >= 15 is 0 Å². The van der Waals surface area contributed by atoms with Crippen LogP contribution < -0.4 is 0 Å². The van der Waals surface area contributed by atoms with Crippen molar-refractivity contribution in [1.82, 2.24) is 9.88 Å². The van der Waals surface area contributed by atoms with Crippen molar-refractivity contribution in [3.63, 3.8) is 0 Å². The van der Waals surface area contributed by atoms with Gasteiger partial charge in [0, 0.05) is 13.0 Å². The fourth-order valence-electron chi connectivity index (χ4n) is 4.12. The van der Waals surface area contributed by atoms with Crippen LogP contribution in [-0.2, 0) is 24.1 Å². The molecular formula is C25H25FN2O3S. The van der Waals surface area contributed by atoms with Crippen LogP contribution in [0.3, 0.4) is 0 Å². The van der Waals surface area contributed by atoms with Gasteiger partial charge in [-0.1, -0.05) is 42.5 Å². The van der Waals surface area contributed by atoms with Crippen LogP contribution in [0.15, 0.2) is 54.6 Å². The summed E-state index contributed by atoms with van der Waals surface area (Å²) in [6.07, 6.45) is 3.82. The smallest absolute Gasteiger partial charge is 0.347 e. The number of hydrogen-bond acceptors (Lipinski definition) is 4. The monoisotopic (exact) mass is 452 g/mol. The Hall–Kier alpha value is -3.06. The Bertz CT molecular complexity index is 1080. The van der Waals surface area contributed by atoms with Crippen molar-refractivity contribution >= 4 is 23.2 Å². The highest BCUT2D eigenvalue weighted by Crippen LogP contribution is 2.36. The Morgan fingerprint density at radius 2 is 1.75 bits per heavy atom. The number of aromatic nitrogens is 1. The van der Waals surface area contributed by atoms with E-state index in [1.54, 1.807) is 12.1 Å². The highest BCUT2D eigenvalue weighted by Gasteiger charge is 2.33. The predicted molar refractivity (Wildman–Crippen MR) is 121 cm³/mol. The molecule has 0 bridgehead atoms. The van der Waals surface area contributed by atoms with E-state index in [4.69, 9.17) is 0 Å². The minimum Gasteiger partial charge on any atom is -0.477 e. The quantitative estimate of drug-likeness (QED) is 0.519. The van der Waals surface area contributed by atoms with Crippen molar-refractivity contribution in [3.05, 3.63) is 87.1 Å². The summed E-state index contributed by atoms with van der Waals surface area (Å²) in [5.74, 6) is -1.21. The standard InChI is InChI=1S/C25H25FN2O3S/c26-19-12-8-18(9-13-19)10-14-20-23(25(30)31)32-24(27-20)21-7-4-16-28(21)22(29)15-11-17-5-2-1-3-6-17/h1-3,5-6,8-9,12-13,21H,4,7,10-11,14-16H2,(H,30,31)/t21-/m1/s1. The minimum atomic E-state index is -0.997. The highest BCUT2D eigenvalue weighted by molar-refractivity contribution is 7.13. The van der Waals surface area contributed by atoms with Gasteiger partial charge >= 0.3 is 5.97 Å². The fraction of sp³-hybridized carbons (Fsp3) is 0.320. The molecule has 2 heterocycles. The molecule has 1 aromatic heterocycles. The summed E-state index contributed by atoms with van der Waals surface area (Å²) < 4.78 is 13.1. The minimum absolute atomic E-state index is 0.0799. The number of carboxylic acids is 1. The van der Waals surface area contributed by atoms with E-state index in [1.165, 1.54) is 23.5 Å². The molecule has 166 valence electrons. The average molecular weight is 453 g/mol. The van der Waals surface area contributed by atoms with Gasteiger partial charge in [-0.25, -0.2) is 14.2 Å². The summed E-state index contributed by atoms with van der Waals surface area (Å²) in [7, 11) is 0. The van der Waals surface area contributed by atoms with Gasteiger partial charge in [0.2, 0.25) is 5.91 Å². The van der Waals surface area contributed by atoms with Crippen LogP contribution in [0.5, 0.6) is 0 Å². The normalized spacial score (nSPS) is 15.8. The zero-order valence-corrected chi connectivity index (χ0v) is 18.5. The van der Waals surface area contributed by atoms with E-state index in [0.717, 1.165) is 24.0 Å². The molecule has 5 nitrogen and oxygen atoms in total. The summed E-state index contributed by atoms with van der Waals surface area (Å²) in [5.41, 5.74) is 2.59. The number of halogens is 1. The lowest BCUT2D eigenvalue weighted by atomic mass is 10.1. The summed E-state index contributed by atoms with van der Waals surface area (Å²) in [5, 5.41) is 10.4. The SMILES string of the molecule is O=C(O)c1sc([C@H]2CCCN2C(=O)CCc2ccccc2)nc1CCc1ccc(F)cc1.